The summed E-state index contributed by atoms with van der Waals surface area (Å²) in [7, 11) is 0. The fraction of sp³-hybridized carbons (Fsp3) is 0. The number of rotatable bonds is 0. The van der Waals surface area contributed by atoms with Crippen LogP contribution < -0.4 is 4.72 Å². The molecule has 0 bridgehead atoms. The zero-order valence-corrected chi connectivity index (χ0v) is 5.93. The van der Waals surface area contributed by atoms with Gasteiger partial charge >= 0.3 is 0 Å². The lowest BCUT2D eigenvalue weighted by atomic mass is 10.3. The second-order valence-corrected chi connectivity index (χ2v) is 2.47. The van der Waals surface area contributed by atoms with Gasteiger partial charge in [-0.3, -0.25) is 4.72 Å². The quantitative estimate of drug-likeness (QED) is 0.571. The molecule has 4 heteroatoms. The lowest BCUT2D eigenvalue weighted by molar-refractivity contribution is 1.32. The summed E-state index contributed by atoms with van der Waals surface area (Å²) < 4.78 is 6.93. The maximum Gasteiger partial charge on any atom is 0.146 e. The van der Waals surface area contributed by atoms with Gasteiger partial charge in [-0.25, -0.2) is 9.38 Å². The van der Waals surface area contributed by atoms with E-state index in [0.29, 0.717) is 0 Å². The Morgan fingerprint density at radius 2 is 2.50 bits per heavy atom. The zero-order chi connectivity index (χ0) is 6.81. The molecular weight excluding hydrogens is 146 g/mol. The highest BCUT2D eigenvalue weighted by Gasteiger charge is 2.02. The number of pyridine rings is 1. The third-order valence-corrected chi connectivity index (χ3v) is 1.72. The molecule has 0 radical (unpaired) electrons. The molecule has 1 aliphatic rings. The van der Waals surface area contributed by atoms with Crippen LogP contribution in [0.4, 0.5) is 5.82 Å². The second-order valence-electron chi connectivity index (χ2n) is 1.87. The summed E-state index contributed by atoms with van der Waals surface area (Å²) in [6.07, 6.45) is 3.55. The summed E-state index contributed by atoms with van der Waals surface area (Å²) in [6, 6.07) is 3.86. The fourth-order valence-electron chi connectivity index (χ4n) is 0.760. The molecule has 3 nitrogen and oxygen atoms in total. The molecule has 50 valence electrons. The Hall–Kier alpha value is -1.03. The molecule has 10 heavy (non-hydrogen) atoms. The first-order valence-electron chi connectivity index (χ1n) is 2.87. The van der Waals surface area contributed by atoms with Gasteiger partial charge in [-0.2, -0.15) is 0 Å². The van der Waals surface area contributed by atoms with Crippen molar-refractivity contribution in [2.45, 2.75) is 0 Å². The van der Waals surface area contributed by atoms with Gasteiger partial charge in [0.1, 0.15) is 5.82 Å². The van der Waals surface area contributed by atoms with Gasteiger partial charge in [-0.15, -0.1) is 0 Å². The summed E-state index contributed by atoms with van der Waals surface area (Å²) >= 11 is 1.29. The van der Waals surface area contributed by atoms with Crippen LogP contribution in [0.3, 0.4) is 0 Å². The molecule has 1 aromatic rings. The molecule has 0 aliphatic carbocycles. The molecule has 0 saturated heterocycles. The van der Waals surface area contributed by atoms with Gasteiger partial charge in [0.15, 0.2) is 0 Å². The van der Waals surface area contributed by atoms with Crippen molar-refractivity contribution in [3.8, 4) is 0 Å². The predicted molar refractivity (Wildman–Crippen MR) is 43.0 cm³/mol. The Kier molecular flexibility index (Phi) is 1.32. The summed E-state index contributed by atoms with van der Waals surface area (Å²) in [5, 5.41) is 0. The first-order chi connectivity index (χ1) is 4.97. The maximum atomic E-state index is 4.10. The molecule has 0 aromatic carbocycles. The van der Waals surface area contributed by atoms with E-state index in [0.717, 1.165) is 11.4 Å². The monoisotopic (exact) mass is 151 g/mol. The fourth-order valence-corrected chi connectivity index (χ4v) is 1.24. The Balaban J connectivity index is 2.54. The summed E-state index contributed by atoms with van der Waals surface area (Å²) in [5.41, 5.74) is 1.04. The van der Waals surface area contributed by atoms with Crippen molar-refractivity contribution < 1.29 is 0 Å². The van der Waals surface area contributed by atoms with E-state index in [1.54, 1.807) is 12.4 Å². The minimum absolute atomic E-state index is 0.891. The number of nitrogens with one attached hydrogen (secondary N) is 1. The van der Waals surface area contributed by atoms with Crippen LogP contribution in [-0.2, 0) is 0 Å². The molecule has 0 unspecified atom stereocenters. The number of aromatic nitrogens is 1. The SMILES string of the molecule is C1=NSNc2ncccc21. The Bertz CT molecular complexity index is 271. The predicted octanol–water partition coefficient (Wildman–Crippen LogP) is 1.49. The summed E-state index contributed by atoms with van der Waals surface area (Å²) in [4.78, 5) is 4.10. The van der Waals surface area contributed by atoms with E-state index in [1.807, 2.05) is 12.1 Å². The van der Waals surface area contributed by atoms with Crippen molar-refractivity contribution in [2.24, 2.45) is 4.40 Å². The number of hydrogen-bond acceptors (Lipinski definition) is 4. The van der Waals surface area contributed by atoms with Gasteiger partial charge in [-0.1, -0.05) is 0 Å². The highest BCUT2D eigenvalue weighted by atomic mass is 32.2. The van der Waals surface area contributed by atoms with Crippen molar-refractivity contribution in [3.63, 3.8) is 0 Å². The Morgan fingerprint density at radius 3 is 3.40 bits per heavy atom. The molecule has 2 rings (SSSR count). The van der Waals surface area contributed by atoms with Crippen LogP contribution in [0, 0.1) is 0 Å². The van der Waals surface area contributed by atoms with E-state index in [4.69, 9.17) is 0 Å². The molecule has 0 amide bonds. The molecule has 2 heterocycles. The standard InChI is InChI=1S/C6H5N3S/c1-2-5-4-8-10-9-6(5)7-3-1/h1-4H,(H,7,9). The number of hydrogen-bond donors (Lipinski definition) is 1. The molecule has 1 aromatic heterocycles. The average Bonchev–Trinajstić information content (AvgIpc) is 2.05. The van der Waals surface area contributed by atoms with Crippen molar-refractivity contribution in [2.75, 3.05) is 4.72 Å². The lowest BCUT2D eigenvalue weighted by Crippen LogP contribution is -1.98. The average molecular weight is 151 g/mol. The summed E-state index contributed by atoms with van der Waals surface area (Å²) in [6.45, 7) is 0. The van der Waals surface area contributed by atoms with Gasteiger partial charge in [0, 0.05) is 18.0 Å². The van der Waals surface area contributed by atoms with Crippen LogP contribution in [0.15, 0.2) is 22.7 Å². The third-order valence-electron chi connectivity index (χ3n) is 1.23. The molecule has 1 N–H and O–H groups in total. The van der Waals surface area contributed by atoms with Gasteiger partial charge in [0.05, 0.1) is 12.1 Å². The van der Waals surface area contributed by atoms with Crippen LogP contribution in [0.5, 0.6) is 0 Å². The van der Waals surface area contributed by atoms with Crippen LogP contribution >= 0.6 is 12.1 Å². The number of fused-ring (bicyclic) bond motifs is 1. The zero-order valence-electron chi connectivity index (χ0n) is 5.11. The van der Waals surface area contributed by atoms with E-state index in [-0.39, 0.29) is 0 Å². The normalized spacial score (nSPS) is 14.0. The van der Waals surface area contributed by atoms with Crippen LogP contribution in [0.1, 0.15) is 5.56 Å². The van der Waals surface area contributed by atoms with E-state index >= 15 is 0 Å². The minimum atomic E-state index is 0.891. The van der Waals surface area contributed by atoms with Gasteiger partial charge in [-0.05, 0) is 12.1 Å². The number of anilines is 1. The van der Waals surface area contributed by atoms with Gasteiger partial charge < -0.3 is 0 Å². The summed E-state index contributed by atoms with van der Waals surface area (Å²) in [5.74, 6) is 0.891. The van der Waals surface area contributed by atoms with Crippen LogP contribution in [0.2, 0.25) is 0 Å². The lowest BCUT2D eigenvalue weighted by Gasteiger charge is -2.07. The molecule has 0 fully saturated rings. The molecule has 0 atom stereocenters. The van der Waals surface area contributed by atoms with E-state index in [1.165, 1.54) is 12.1 Å². The van der Waals surface area contributed by atoms with Crippen molar-refractivity contribution in [3.05, 3.63) is 23.9 Å². The minimum Gasteiger partial charge on any atom is -0.294 e. The van der Waals surface area contributed by atoms with Crippen LogP contribution in [-0.4, -0.2) is 11.2 Å². The second kappa shape index (κ2) is 2.30. The van der Waals surface area contributed by atoms with E-state index in [2.05, 4.69) is 14.1 Å². The third kappa shape index (κ3) is 0.863. The molecular formula is C6H5N3S. The molecule has 0 spiro atoms. The van der Waals surface area contributed by atoms with E-state index < -0.39 is 0 Å². The van der Waals surface area contributed by atoms with Crippen LogP contribution in [0.25, 0.3) is 0 Å². The Labute approximate surface area is 62.8 Å². The molecule has 1 aliphatic heterocycles. The van der Waals surface area contributed by atoms with Gasteiger partial charge in [0.25, 0.3) is 0 Å². The first kappa shape index (κ1) is 5.73. The van der Waals surface area contributed by atoms with Crippen molar-refractivity contribution >= 4 is 24.2 Å². The van der Waals surface area contributed by atoms with E-state index in [9.17, 15) is 0 Å². The highest BCUT2D eigenvalue weighted by molar-refractivity contribution is 7.99. The Morgan fingerprint density at radius 1 is 1.50 bits per heavy atom. The molecule has 0 saturated carbocycles. The first-order valence-corrected chi connectivity index (χ1v) is 3.64. The van der Waals surface area contributed by atoms with Gasteiger partial charge in [0.2, 0.25) is 0 Å². The van der Waals surface area contributed by atoms with Crippen molar-refractivity contribution in [1.29, 1.82) is 0 Å². The largest absolute Gasteiger partial charge is 0.294 e. The smallest absolute Gasteiger partial charge is 0.146 e. The van der Waals surface area contributed by atoms with Crippen molar-refractivity contribution in [1.82, 2.24) is 4.98 Å². The topological polar surface area (TPSA) is 37.3 Å². The highest BCUT2D eigenvalue weighted by Crippen LogP contribution is 2.18. The maximum absolute atomic E-state index is 4.10. The number of nitrogens with zero attached hydrogens (tertiary/aromatic N) is 2.